The average molecular weight is 233 g/mol. The number of hydrogen-bond donors (Lipinski definition) is 1. The molecule has 0 aromatic heterocycles. The molecular weight excluding hydrogens is 214 g/mol. The van der Waals surface area contributed by atoms with Crippen molar-refractivity contribution in [3.63, 3.8) is 0 Å². The molecule has 0 spiro atoms. The van der Waals surface area contributed by atoms with Crippen LogP contribution in [-0.4, -0.2) is 29.1 Å². The molecule has 0 aliphatic carbocycles. The highest BCUT2D eigenvalue weighted by Crippen LogP contribution is 2.20. The highest BCUT2D eigenvalue weighted by Gasteiger charge is 2.28. The van der Waals surface area contributed by atoms with Crippen molar-refractivity contribution < 1.29 is 9.90 Å². The van der Waals surface area contributed by atoms with Crippen molar-refractivity contribution in [2.75, 3.05) is 13.2 Å². The summed E-state index contributed by atoms with van der Waals surface area (Å²) in [5.74, 6) is 0.275. The molecule has 1 aliphatic heterocycles. The van der Waals surface area contributed by atoms with Gasteiger partial charge in [-0.15, -0.1) is 0 Å². The molecule has 1 aliphatic rings. The summed E-state index contributed by atoms with van der Waals surface area (Å²) in [7, 11) is 0. The number of hydrogen-bond acceptors (Lipinski definition) is 2. The molecule has 0 radical (unpaired) electrons. The fourth-order valence-electron chi connectivity index (χ4n) is 2.51. The molecule has 2 rings (SSSR count). The number of aliphatic hydroxyl groups excluding tert-OH is 1. The van der Waals surface area contributed by atoms with Gasteiger partial charge in [-0.25, -0.2) is 0 Å². The lowest BCUT2D eigenvalue weighted by atomic mass is 10.1. The summed E-state index contributed by atoms with van der Waals surface area (Å²) in [6.07, 6.45) is 0.487. The quantitative estimate of drug-likeness (QED) is 0.862. The van der Waals surface area contributed by atoms with Gasteiger partial charge in [0, 0.05) is 32.0 Å². The minimum Gasteiger partial charge on any atom is -0.396 e. The van der Waals surface area contributed by atoms with Gasteiger partial charge < -0.3 is 10.0 Å². The fraction of sp³-hybridized carbons (Fsp3) is 0.500. The molecule has 1 heterocycles. The van der Waals surface area contributed by atoms with Crippen LogP contribution in [0.25, 0.3) is 0 Å². The normalized spacial score (nSPS) is 20.1. The first-order chi connectivity index (χ1) is 8.08. The number of likely N-dealkylation sites (tertiary alicyclic amines) is 1. The third-order valence-corrected chi connectivity index (χ3v) is 3.21. The van der Waals surface area contributed by atoms with Gasteiger partial charge in [-0.3, -0.25) is 4.79 Å². The Labute approximate surface area is 102 Å². The molecule has 92 valence electrons. The second-order valence-corrected chi connectivity index (χ2v) is 5.02. The van der Waals surface area contributed by atoms with Gasteiger partial charge in [0.05, 0.1) is 0 Å². The second kappa shape index (κ2) is 4.88. The Balaban J connectivity index is 2.08. The molecule has 0 saturated carbocycles. The summed E-state index contributed by atoms with van der Waals surface area (Å²) < 4.78 is 0. The van der Waals surface area contributed by atoms with E-state index in [1.54, 1.807) is 0 Å². The maximum Gasteiger partial charge on any atom is 0.223 e. The van der Waals surface area contributed by atoms with E-state index in [0.717, 1.165) is 0 Å². The third kappa shape index (κ3) is 2.86. The monoisotopic (exact) mass is 233 g/mol. The molecule has 1 atom stereocenters. The Morgan fingerprint density at radius 1 is 1.29 bits per heavy atom. The van der Waals surface area contributed by atoms with Crippen LogP contribution in [0.4, 0.5) is 0 Å². The van der Waals surface area contributed by atoms with Crippen LogP contribution >= 0.6 is 0 Å². The van der Waals surface area contributed by atoms with Crippen molar-refractivity contribution in [3.05, 3.63) is 34.9 Å². The maximum absolute atomic E-state index is 11.7. The van der Waals surface area contributed by atoms with E-state index in [9.17, 15) is 4.79 Å². The van der Waals surface area contributed by atoms with E-state index in [2.05, 4.69) is 32.0 Å². The maximum atomic E-state index is 11.7. The van der Waals surface area contributed by atoms with E-state index in [-0.39, 0.29) is 18.4 Å². The first kappa shape index (κ1) is 12.1. The van der Waals surface area contributed by atoms with Gasteiger partial charge >= 0.3 is 0 Å². The van der Waals surface area contributed by atoms with Gasteiger partial charge in [-0.1, -0.05) is 29.3 Å². The van der Waals surface area contributed by atoms with Gasteiger partial charge in [0.2, 0.25) is 5.91 Å². The number of rotatable bonds is 3. The first-order valence-corrected chi connectivity index (χ1v) is 6.04. The van der Waals surface area contributed by atoms with Crippen molar-refractivity contribution >= 4 is 5.91 Å². The third-order valence-electron chi connectivity index (χ3n) is 3.21. The molecule has 17 heavy (non-hydrogen) atoms. The molecule has 1 unspecified atom stereocenters. The number of nitrogens with zero attached hydrogens (tertiary/aromatic N) is 1. The predicted octanol–water partition coefficient (Wildman–Crippen LogP) is 1.64. The van der Waals surface area contributed by atoms with Crippen LogP contribution < -0.4 is 0 Å². The number of amides is 1. The first-order valence-electron chi connectivity index (χ1n) is 6.04. The lowest BCUT2D eigenvalue weighted by molar-refractivity contribution is -0.128. The highest BCUT2D eigenvalue weighted by atomic mass is 16.3. The van der Waals surface area contributed by atoms with Crippen LogP contribution in [0.1, 0.15) is 23.1 Å². The summed E-state index contributed by atoms with van der Waals surface area (Å²) in [5.41, 5.74) is 3.63. The SMILES string of the molecule is Cc1cc(C)cc(CN2CC(CO)CC2=O)c1. The molecule has 1 fully saturated rings. The van der Waals surface area contributed by atoms with E-state index in [1.165, 1.54) is 16.7 Å². The van der Waals surface area contributed by atoms with Crippen molar-refractivity contribution in [1.29, 1.82) is 0 Å². The largest absolute Gasteiger partial charge is 0.396 e. The second-order valence-electron chi connectivity index (χ2n) is 5.02. The Morgan fingerprint density at radius 2 is 1.94 bits per heavy atom. The van der Waals surface area contributed by atoms with E-state index in [0.29, 0.717) is 19.5 Å². The smallest absolute Gasteiger partial charge is 0.223 e. The van der Waals surface area contributed by atoms with E-state index in [4.69, 9.17) is 5.11 Å². The minimum atomic E-state index is 0.106. The van der Waals surface area contributed by atoms with Gasteiger partial charge in [0.1, 0.15) is 0 Å². The lowest BCUT2D eigenvalue weighted by Gasteiger charge is -2.17. The number of carbonyl (C=O) groups excluding carboxylic acids is 1. The van der Waals surface area contributed by atoms with E-state index >= 15 is 0 Å². The van der Waals surface area contributed by atoms with Crippen molar-refractivity contribution in [1.82, 2.24) is 4.90 Å². The number of aryl methyl sites for hydroxylation is 2. The number of carbonyl (C=O) groups is 1. The minimum absolute atomic E-state index is 0.106. The van der Waals surface area contributed by atoms with Gasteiger partial charge in [0.25, 0.3) is 0 Å². The molecule has 1 saturated heterocycles. The van der Waals surface area contributed by atoms with E-state index in [1.807, 2.05) is 4.90 Å². The number of benzene rings is 1. The van der Waals surface area contributed by atoms with Gasteiger partial charge in [-0.05, 0) is 19.4 Å². The molecule has 1 aromatic rings. The summed E-state index contributed by atoms with van der Waals surface area (Å²) in [6, 6.07) is 6.37. The van der Waals surface area contributed by atoms with Crippen LogP contribution in [0, 0.1) is 19.8 Å². The highest BCUT2D eigenvalue weighted by molar-refractivity contribution is 5.78. The molecule has 0 bridgehead atoms. The van der Waals surface area contributed by atoms with Crippen LogP contribution in [0.2, 0.25) is 0 Å². The molecular formula is C14H19NO2. The Bertz CT molecular complexity index is 408. The van der Waals surface area contributed by atoms with Gasteiger partial charge in [-0.2, -0.15) is 0 Å². The standard InChI is InChI=1S/C14H19NO2/c1-10-3-11(2)5-12(4-10)7-15-8-13(9-16)6-14(15)17/h3-5,13,16H,6-9H2,1-2H3. The fourth-order valence-corrected chi connectivity index (χ4v) is 2.51. The molecule has 1 aromatic carbocycles. The summed E-state index contributed by atoms with van der Waals surface area (Å²) >= 11 is 0. The molecule has 1 amide bonds. The van der Waals surface area contributed by atoms with E-state index < -0.39 is 0 Å². The summed E-state index contributed by atoms with van der Waals surface area (Å²) in [6.45, 7) is 5.59. The molecule has 3 heteroatoms. The topological polar surface area (TPSA) is 40.5 Å². The zero-order valence-electron chi connectivity index (χ0n) is 10.4. The average Bonchev–Trinajstić information content (AvgIpc) is 2.58. The Hall–Kier alpha value is -1.35. The Kier molecular flexibility index (Phi) is 3.48. The predicted molar refractivity (Wildman–Crippen MR) is 66.5 cm³/mol. The summed E-state index contributed by atoms with van der Waals surface area (Å²) in [5, 5.41) is 9.08. The summed E-state index contributed by atoms with van der Waals surface area (Å²) in [4.78, 5) is 13.6. The van der Waals surface area contributed by atoms with Crippen LogP contribution in [0.5, 0.6) is 0 Å². The van der Waals surface area contributed by atoms with Crippen molar-refractivity contribution in [2.45, 2.75) is 26.8 Å². The van der Waals surface area contributed by atoms with Gasteiger partial charge in [0.15, 0.2) is 0 Å². The molecule has 3 nitrogen and oxygen atoms in total. The number of aliphatic hydroxyl groups is 1. The van der Waals surface area contributed by atoms with Crippen LogP contribution in [0.15, 0.2) is 18.2 Å². The zero-order valence-corrected chi connectivity index (χ0v) is 10.4. The lowest BCUT2D eigenvalue weighted by Crippen LogP contribution is -2.25. The van der Waals surface area contributed by atoms with Crippen molar-refractivity contribution in [3.8, 4) is 0 Å². The van der Waals surface area contributed by atoms with Crippen molar-refractivity contribution in [2.24, 2.45) is 5.92 Å². The molecule has 1 N–H and O–H groups in total. The zero-order chi connectivity index (χ0) is 12.4. The van der Waals surface area contributed by atoms with Crippen LogP contribution in [-0.2, 0) is 11.3 Å². The van der Waals surface area contributed by atoms with Crippen LogP contribution in [0.3, 0.4) is 0 Å². The Morgan fingerprint density at radius 3 is 2.47 bits per heavy atom.